The fraction of sp³-hybridized carbons (Fsp3) is 0.750. The van der Waals surface area contributed by atoms with Gasteiger partial charge in [-0.05, 0) is 6.42 Å². The SMILES string of the molecule is CCCCN1C=CN(C)C1.F.F.F.F.F.F.P. The summed E-state index contributed by atoms with van der Waals surface area (Å²) in [5, 5.41) is 0. The second-order valence-corrected chi connectivity index (χ2v) is 2.86. The van der Waals surface area contributed by atoms with Gasteiger partial charge in [0.2, 0.25) is 0 Å². The van der Waals surface area contributed by atoms with Gasteiger partial charge < -0.3 is 9.80 Å². The molecule has 9 heteroatoms. The first-order valence-corrected chi connectivity index (χ1v) is 3.95. The van der Waals surface area contributed by atoms with E-state index in [0.717, 1.165) is 6.67 Å². The number of hydrogen-bond acceptors (Lipinski definition) is 2. The van der Waals surface area contributed by atoms with Gasteiger partial charge in [-0.15, -0.1) is 0 Å². The second-order valence-electron chi connectivity index (χ2n) is 2.86. The lowest BCUT2D eigenvalue weighted by Crippen LogP contribution is -2.23. The van der Waals surface area contributed by atoms with E-state index >= 15 is 0 Å². The van der Waals surface area contributed by atoms with Crippen molar-refractivity contribution in [2.24, 2.45) is 0 Å². The van der Waals surface area contributed by atoms with Crippen LogP contribution in [-0.2, 0) is 0 Å². The lowest BCUT2D eigenvalue weighted by atomic mass is 10.3. The summed E-state index contributed by atoms with van der Waals surface area (Å²) in [6.45, 7) is 4.50. The summed E-state index contributed by atoms with van der Waals surface area (Å²) in [6.07, 6.45) is 6.87. The van der Waals surface area contributed by atoms with Gasteiger partial charge in [-0.3, -0.25) is 28.2 Å². The molecule has 0 saturated heterocycles. The van der Waals surface area contributed by atoms with Crippen molar-refractivity contribution in [1.29, 1.82) is 0 Å². The van der Waals surface area contributed by atoms with Crippen LogP contribution in [0, 0.1) is 0 Å². The Morgan fingerprint density at radius 1 is 0.941 bits per heavy atom. The Bertz CT molecular complexity index is 141. The first-order valence-electron chi connectivity index (χ1n) is 3.95. The first kappa shape index (κ1) is 44.1. The van der Waals surface area contributed by atoms with Crippen molar-refractivity contribution in [2.75, 3.05) is 20.3 Å². The molecule has 0 bridgehead atoms. The van der Waals surface area contributed by atoms with E-state index in [2.05, 4.69) is 36.2 Å². The maximum Gasteiger partial charge on any atom is 0.0890 e. The van der Waals surface area contributed by atoms with Gasteiger partial charge in [0.25, 0.3) is 0 Å². The van der Waals surface area contributed by atoms with Crippen molar-refractivity contribution < 1.29 is 28.2 Å². The van der Waals surface area contributed by atoms with E-state index in [4.69, 9.17) is 0 Å². The van der Waals surface area contributed by atoms with Gasteiger partial charge in [0.05, 0.1) is 6.67 Å². The minimum Gasteiger partial charge on any atom is -0.362 e. The van der Waals surface area contributed by atoms with E-state index in [0.29, 0.717) is 0 Å². The van der Waals surface area contributed by atoms with E-state index in [9.17, 15) is 0 Å². The molecule has 1 aliphatic heterocycles. The first-order chi connectivity index (χ1) is 4.83. The van der Waals surface area contributed by atoms with Gasteiger partial charge in [0.15, 0.2) is 0 Å². The zero-order valence-electron chi connectivity index (χ0n) is 10.0. The normalized spacial score (nSPS) is 10.0. The maximum atomic E-state index is 2.34. The highest BCUT2D eigenvalue weighted by Gasteiger charge is 2.05. The van der Waals surface area contributed by atoms with Crippen molar-refractivity contribution in [3.63, 3.8) is 0 Å². The van der Waals surface area contributed by atoms with Crippen molar-refractivity contribution in [1.82, 2.24) is 9.80 Å². The van der Waals surface area contributed by atoms with Gasteiger partial charge >= 0.3 is 0 Å². The molecular formula is C8H25F6N2P. The van der Waals surface area contributed by atoms with Crippen LogP contribution >= 0.6 is 9.90 Å². The predicted octanol–water partition coefficient (Wildman–Crippen LogP) is 2.44. The Hall–Kier alpha value is -0.650. The molecular weight excluding hydrogens is 269 g/mol. The van der Waals surface area contributed by atoms with E-state index < -0.39 is 0 Å². The monoisotopic (exact) mass is 294 g/mol. The lowest BCUT2D eigenvalue weighted by Gasteiger charge is -2.17. The van der Waals surface area contributed by atoms with Crippen LogP contribution in [-0.4, -0.2) is 30.1 Å². The van der Waals surface area contributed by atoms with Gasteiger partial charge in [-0.2, -0.15) is 9.90 Å². The Kier molecular flexibility index (Phi) is 63.6. The standard InChI is InChI=1S/C8H16N2.6FH.H3P/c1-3-4-5-10-7-6-9(2)8-10;;;;;;;/h6-7H,3-5,8H2,1-2H3;6*1H;1H3. The highest BCUT2D eigenvalue weighted by Crippen LogP contribution is 2.04. The molecule has 0 N–H and O–H groups in total. The van der Waals surface area contributed by atoms with Gasteiger partial charge in [-0.25, -0.2) is 0 Å². The van der Waals surface area contributed by atoms with Crippen LogP contribution in [0.5, 0.6) is 0 Å². The summed E-state index contributed by atoms with van der Waals surface area (Å²) < 4.78 is 0. The molecule has 0 fully saturated rings. The minimum atomic E-state index is 0. The van der Waals surface area contributed by atoms with Crippen molar-refractivity contribution in [3.05, 3.63) is 12.4 Å². The third-order valence-corrected chi connectivity index (χ3v) is 1.74. The quantitative estimate of drug-likeness (QED) is 0.583. The Morgan fingerprint density at radius 2 is 1.41 bits per heavy atom. The molecule has 1 rings (SSSR count). The highest BCUT2D eigenvalue weighted by atomic mass is 31.0. The topological polar surface area (TPSA) is 6.48 Å². The number of rotatable bonds is 3. The molecule has 0 aromatic rings. The molecule has 0 saturated carbocycles. The predicted molar refractivity (Wildman–Crippen MR) is 69.5 cm³/mol. The summed E-state index contributed by atoms with van der Waals surface area (Å²) in [5.41, 5.74) is 0. The maximum absolute atomic E-state index is 2.34. The lowest BCUT2D eigenvalue weighted by molar-refractivity contribution is 0.293. The number of hydrogen-bond donors (Lipinski definition) is 0. The molecule has 0 spiro atoms. The summed E-state index contributed by atoms with van der Waals surface area (Å²) in [4.78, 5) is 4.53. The van der Waals surface area contributed by atoms with E-state index in [1.54, 1.807) is 0 Å². The van der Waals surface area contributed by atoms with Gasteiger partial charge in [0.1, 0.15) is 0 Å². The van der Waals surface area contributed by atoms with Crippen LogP contribution in [0.2, 0.25) is 0 Å². The van der Waals surface area contributed by atoms with Crippen molar-refractivity contribution in [2.45, 2.75) is 19.8 Å². The molecule has 1 atom stereocenters. The van der Waals surface area contributed by atoms with Crippen LogP contribution in [0.15, 0.2) is 12.4 Å². The summed E-state index contributed by atoms with van der Waals surface area (Å²) in [5.74, 6) is 0. The average Bonchev–Trinajstić information content (AvgIpc) is 2.31. The minimum absolute atomic E-state index is 0. The molecule has 0 aromatic heterocycles. The van der Waals surface area contributed by atoms with Crippen LogP contribution in [0.4, 0.5) is 28.2 Å². The molecule has 0 amide bonds. The second kappa shape index (κ2) is 24.5. The molecule has 2 nitrogen and oxygen atoms in total. The van der Waals surface area contributed by atoms with E-state index in [1.165, 1.54) is 19.4 Å². The Balaban J connectivity index is -0.0000000286. The number of nitrogens with zero attached hydrogens (tertiary/aromatic N) is 2. The summed E-state index contributed by atoms with van der Waals surface area (Å²) >= 11 is 0. The zero-order chi connectivity index (χ0) is 7.40. The van der Waals surface area contributed by atoms with Crippen LogP contribution in [0.1, 0.15) is 19.8 Å². The molecule has 1 heterocycles. The van der Waals surface area contributed by atoms with Crippen LogP contribution < -0.4 is 0 Å². The smallest absolute Gasteiger partial charge is 0.0890 e. The molecule has 114 valence electrons. The average molecular weight is 294 g/mol. The third-order valence-electron chi connectivity index (χ3n) is 1.74. The third kappa shape index (κ3) is 17.9. The number of unbranched alkanes of at least 4 members (excludes halogenated alkanes) is 1. The van der Waals surface area contributed by atoms with E-state index in [-0.39, 0.29) is 38.1 Å². The highest BCUT2D eigenvalue weighted by molar-refractivity contribution is 6.92. The van der Waals surface area contributed by atoms with E-state index in [1.807, 2.05) is 0 Å². The summed E-state index contributed by atoms with van der Waals surface area (Å²) in [7, 11) is 2.10. The van der Waals surface area contributed by atoms with Gasteiger partial charge in [-0.1, -0.05) is 13.3 Å². The molecule has 1 unspecified atom stereocenters. The molecule has 0 aromatic carbocycles. The fourth-order valence-electron chi connectivity index (χ4n) is 1.10. The molecule has 0 aliphatic carbocycles. The zero-order valence-corrected chi connectivity index (χ0v) is 11.4. The molecule has 0 radical (unpaired) electrons. The van der Waals surface area contributed by atoms with Gasteiger partial charge in [0, 0.05) is 26.0 Å². The molecule has 17 heavy (non-hydrogen) atoms. The Morgan fingerprint density at radius 3 is 1.71 bits per heavy atom. The number of halogens is 6. The Labute approximate surface area is 101 Å². The van der Waals surface area contributed by atoms with Crippen LogP contribution in [0.25, 0.3) is 0 Å². The fourth-order valence-corrected chi connectivity index (χ4v) is 1.10. The largest absolute Gasteiger partial charge is 0.362 e. The van der Waals surface area contributed by atoms with Crippen molar-refractivity contribution >= 4 is 9.90 Å². The van der Waals surface area contributed by atoms with Crippen molar-refractivity contribution in [3.8, 4) is 0 Å². The molecule has 1 aliphatic rings. The van der Waals surface area contributed by atoms with Crippen LogP contribution in [0.3, 0.4) is 0 Å². The summed E-state index contributed by atoms with van der Waals surface area (Å²) in [6, 6.07) is 0.